The lowest BCUT2D eigenvalue weighted by Crippen LogP contribution is -2.44. The molecule has 6 heteroatoms. The Bertz CT molecular complexity index is 603. The predicted molar refractivity (Wildman–Crippen MR) is 119 cm³/mol. The molecule has 1 aliphatic rings. The molecule has 1 fully saturated rings. The summed E-state index contributed by atoms with van der Waals surface area (Å²) in [5.74, 6) is 0.578. The number of rotatable bonds is 6. The normalized spacial score (nSPS) is 18.8. The molecule has 0 aromatic heterocycles. The Kier molecular flexibility index (Phi) is 12.2. The fourth-order valence-corrected chi connectivity index (χ4v) is 3.42. The maximum atomic E-state index is 10.4. The maximum absolute atomic E-state index is 10.4. The monoisotopic (exact) mass is 416 g/mol. The molecule has 2 aromatic rings. The second-order valence-electron chi connectivity index (χ2n) is 6.58. The molecular formula is C20H30Cl2N2OS. The van der Waals surface area contributed by atoms with Gasteiger partial charge in [0.2, 0.25) is 0 Å². The number of likely N-dealkylation sites (tertiary alicyclic amines) is 1. The van der Waals surface area contributed by atoms with Crippen molar-refractivity contribution in [2.75, 3.05) is 19.6 Å². The van der Waals surface area contributed by atoms with Crippen molar-refractivity contribution in [1.29, 1.82) is 0 Å². The van der Waals surface area contributed by atoms with Gasteiger partial charge in [-0.15, -0.1) is 24.8 Å². The Balaban J connectivity index is 0.00000208. The van der Waals surface area contributed by atoms with Crippen LogP contribution in [0.5, 0.6) is 0 Å². The summed E-state index contributed by atoms with van der Waals surface area (Å²) in [7, 11) is 0. The van der Waals surface area contributed by atoms with Crippen molar-refractivity contribution in [2.24, 2.45) is 5.73 Å². The first kappa shape index (κ1) is 25.2. The van der Waals surface area contributed by atoms with E-state index < -0.39 is 6.10 Å². The third kappa shape index (κ3) is 7.10. The summed E-state index contributed by atoms with van der Waals surface area (Å²) in [4.78, 5) is 2.34. The van der Waals surface area contributed by atoms with Crippen LogP contribution in [-0.2, 0) is 6.42 Å². The number of hydrogen-bond donors (Lipinski definition) is 2. The molecule has 1 unspecified atom stereocenters. The number of aliphatic hydroxyl groups is 1. The second kappa shape index (κ2) is 12.6. The number of benzene rings is 2. The van der Waals surface area contributed by atoms with E-state index in [0.717, 1.165) is 25.9 Å². The van der Waals surface area contributed by atoms with Crippen LogP contribution in [0.15, 0.2) is 60.7 Å². The van der Waals surface area contributed by atoms with E-state index in [4.69, 9.17) is 5.73 Å². The minimum Gasteiger partial charge on any atom is -0.390 e. The quantitative estimate of drug-likeness (QED) is 0.758. The molecule has 2 aromatic carbocycles. The lowest BCUT2D eigenvalue weighted by molar-refractivity contribution is 0.101. The molecule has 1 heterocycles. The van der Waals surface area contributed by atoms with E-state index >= 15 is 0 Å². The van der Waals surface area contributed by atoms with Crippen molar-refractivity contribution in [3.8, 4) is 0 Å². The highest BCUT2D eigenvalue weighted by atomic mass is 35.5. The van der Waals surface area contributed by atoms with Crippen molar-refractivity contribution in [3.63, 3.8) is 0 Å². The van der Waals surface area contributed by atoms with Gasteiger partial charge in [-0.05, 0) is 36.4 Å². The van der Waals surface area contributed by atoms with Gasteiger partial charge in [0.15, 0.2) is 0 Å². The van der Waals surface area contributed by atoms with Crippen LogP contribution >= 0.6 is 38.3 Å². The summed E-state index contributed by atoms with van der Waals surface area (Å²) in [6, 6.07) is 20.6. The molecule has 3 atom stereocenters. The standard InChI is InChI=1S/C20H26N2O.2ClH.H2S/c21-19(13-16-7-3-1-4-8-16)20(23)15-22-12-11-18(14-22)17-9-5-2-6-10-17;;;/h1-10,18-20,23H,11-15,21H2;2*1H;1H2/t18?,19-,20+;;;/m1.../s1. The van der Waals surface area contributed by atoms with Gasteiger partial charge in [-0.2, -0.15) is 13.5 Å². The van der Waals surface area contributed by atoms with Gasteiger partial charge in [0.05, 0.1) is 6.10 Å². The van der Waals surface area contributed by atoms with E-state index in [1.165, 1.54) is 11.1 Å². The first-order valence-electron chi connectivity index (χ1n) is 8.47. The Morgan fingerprint density at radius 2 is 1.58 bits per heavy atom. The van der Waals surface area contributed by atoms with Crippen molar-refractivity contribution in [1.82, 2.24) is 4.90 Å². The molecule has 3 nitrogen and oxygen atoms in total. The number of aliphatic hydroxyl groups excluding tert-OH is 1. The van der Waals surface area contributed by atoms with Crippen molar-refractivity contribution >= 4 is 38.3 Å². The SMILES string of the molecule is Cl.Cl.N[C@H](Cc1ccccc1)[C@@H](O)CN1CCC(c2ccccc2)C1.S. The average molecular weight is 417 g/mol. The third-order valence-corrected chi connectivity index (χ3v) is 4.80. The van der Waals surface area contributed by atoms with E-state index in [0.29, 0.717) is 12.5 Å². The average Bonchev–Trinajstić information content (AvgIpc) is 3.05. The van der Waals surface area contributed by atoms with E-state index in [9.17, 15) is 5.11 Å². The lowest BCUT2D eigenvalue weighted by atomic mass is 9.99. The van der Waals surface area contributed by atoms with Crippen LogP contribution in [0.25, 0.3) is 0 Å². The summed E-state index contributed by atoms with van der Waals surface area (Å²) in [5.41, 5.74) is 8.78. The highest BCUT2D eigenvalue weighted by Crippen LogP contribution is 2.27. The molecule has 0 saturated carbocycles. The number of nitrogens with two attached hydrogens (primary N) is 1. The van der Waals surface area contributed by atoms with Gasteiger partial charge in [-0.25, -0.2) is 0 Å². The zero-order valence-electron chi connectivity index (χ0n) is 14.8. The topological polar surface area (TPSA) is 49.5 Å². The van der Waals surface area contributed by atoms with Gasteiger partial charge >= 0.3 is 0 Å². The molecule has 0 aliphatic carbocycles. The van der Waals surface area contributed by atoms with Gasteiger partial charge in [0.1, 0.15) is 0 Å². The van der Waals surface area contributed by atoms with Crippen LogP contribution in [-0.4, -0.2) is 41.8 Å². The van der Waals surface area contributed by atoms with Crippen LogP contribution in [0, 0.1) is 0 Å². The largest absolute Gasteiger partial charge is 0.390 e. The van der Waals surface area contributed by atoms with Crippen molar-refractivity contribution in [2.45, 2.75) is 30.9 Å². The molecule has 0 amide bonds. The molecule has 1 saturated heterocycles. The molecular weight excluding hydrogens is 387 g/mol. The van der Waals surface area contributed by atoms with Gasteiger partial charge in [0.25, 0.3) is 0 Å². The van der Waals surface area contributed by atoms with Crippen LogP contribution in [0.4, 0.5) is 0 Å². The van der Waals surface area contributed by atoms with E-state index in [1.807, 2.05) is 18.2 Å². The molecule has 146 valence electrons. The van der Waals surface area contributed by atoms with Crippen LogP contribution < -0.4 is 5.73 Å². The molecule has 0 spiro atoms. The van der Waals surface area contributed by atoms with Crippen LogP contribution in [0.3, 0.4) is 0 Å². The van der Waals surface area contributed by atoms with E-state index in [2.05, 4.69) is 47.4 Å². The highest BCUT2D eigenvalue weighted by molar-refractivity contribution is 7.59. The third-order valence-electron chi connectivity index (χ3n) is 4.80. The van der Waals surface area contributed by atoms with Crippen LogP contribution in [0.1, 0.15) is 23.5 Å². The fraction of sp³-hybridized carbons (Fsp3) is 0.400. The number of β-amino-alcohol motifs (C(OH)–C–C–N with tert-alkyl or cyclic N) is 1. The minimum absolute atomic E-state index is 0. The first-order valence-corrected chi connectivity index (χ1v) is 8.47. The molecule has 26 heavy (non-hydrogen) atoms. The molecule has 3 rings (SSSR count). The van der Waals surface area contributed by atoms with Crippen molar-refractivity contribution < 1.29 is 5.11 Å². The Morgan fingerprint density at radius 1 is 1.00 bits per heavy atom. The first-order chi connectivity index (χ1) is 11.2. The van der Waals surface area contributed by atoms with Crippen LogP contribution in [0.2, 0.25) is 0 Å². The highest BCUT2D eigenvalue weighted by Gasteiger charge is 2.26. The molecule has 3 N–H and O–H groups in total. The van der Waals surface area contributed by atoms with E-state index in [-0.39, 0.29) is 44.4 Å². The van der Waals surface area contributed by atoms with Gasteiger partial charge in [-0.3, -0.25) is 0 Å². The Morgan fingerprint density at radius 3 is 2.19 bits per heavy atom. The Hall–Kier alpha value is -0.750. The van der Waals surface area contributed by atoms with Crippen molar-refractivity contribution in [3.05, 3.63) is 71.8 Å². The predicted octanol–water partition coefficient (Wildman–Crippen LogP) is 3.36. The fourth-order valence-electron chi connectivity index (χ4n) is 3.42. The lowest BCUT2D eigenvalue weighted by Gasteiger charge is -2.24. The van der Waals surface area contributed by atoms with Gasteiger partial charge in [-0.1, -0.05) is 60.7 Å². The van der Waals surface area contributed by atoms with E-state index in [1.54, 1.807) is 0 Å². The Labute approximate surface area is 176 Å². The zero-order chi connectivity index (χ0) is 16.1. The second-order valence-corrected chi connectivity index (χ2v) is 6.58. The molecule has 0 radical (unpaired) electrons. The summed E-state index contributed by atoms with van der Waals surface area (Å²) in [6.45, 7) is 2.71. The summed E-state index contributed by atoms with van der Waals surface area (Å²) in [5, 5.41) is 10.4. The number of hydrogen-bond acceptors (Lipinski definition) is 3. The molecule has 0 bridgehead atoms. The zero-order valence-corrected chi connectivity index (χ0v) is 17.5. The number of nitrogens with zero attached hydrogens (tertiary/aromatic N) is 1. The summed E-state index contributed by atoms with van der Waals surface area (Å²) >= 11 is 0. The number of halogens is 2. The minimum atomic E-state index is -0.482. The van der Waals surface area contributed by atoms with Gasteiger partial charge < -0.3 is 15.7 Å². The summed E-state index contributed by atoms with van der Waals surface area (Å²) < 4.78 is 0. The molecule has 1 aliphatic heterocycles. The van der Waals surface area contributed by atoms with Gasteiger partial charge in [0, 0.05) is 19.1 Å². The summed E-state index contributed by atoms with van der Waals surface area (Å²) in [6.07, 6.45) is 1.40. The smallest absolute Gasteiger partial charge is 0.0820 e. The maximum Gasteiger partial charge on any atom is 0.0820 e.